The molecule has 4 rings (SSSR count). The molecule has 2 aromatic carbocycles. The number of halogens is 1. The molecule has 2 aromatic heterocycles. The molecule has 0 saturated carbocycles. The molecule has 0 aliphatic heterocycles. The molecule has 2 heterocycles. The Morgan fingerprint density at radius 3 is 2.30 bits per heavy atom. The quantitative estimate of drug-likeness (QED) is 0.489. The Labute approximate surface area is 168 Å². The summed E-state index contributed by atoms with van der Waals surface area (Å²) in [5, 5.41) is 4.41. The molecule has 0 amide bonds. The number of methoxy groups -OCH3 is 3. The summed E-state index contributed by atoms with van der Waals surface area (Å²) < 4.78 is 30.1. The second kappa shape index (κ2) is 7.39. The summed E-state index contributed by atoms with van der Waals surface area (Å²) in [4.78, 5) is 30.7. The summed E-state index contributed by atoms with van der Waals surface area (Å²) in [7, 11) is 4.43. The molecule has 0 unspecified atom stereocenters. The van der Waals surface area contributed by atoms with Gasteiger partial charge in [0, 0.05) is 16.5 Å². The molecule has 0 aliphatic carbocycles. The van der Waals surface area contributed by atoms with Gasteiger partial charge in [0.15, 0.2) is 11.5 Å². The van der Waals surface area contributed by atoms with Crippen LogP contribution in [-0.4, -0.2) is 42.2 Å². The Kier molecular flexibility index (Phi) is 4.74. The fourth-order valence-electron chi connectivity index (χ4n) is 3.22. The Morgan fingerprint density at radius 2 is 1.67 bits per heavy atom. The van der Waals surface area contributed by atoms with E-state index >= 15 is 0 Å². The van der Waals surface area contributed by atoms with Gasteiger partial charge >= 0.3 is 11.2 Å². The van der Waals surface area contributed by atoms with Crippen LogP contribution in [0, 0.1) is 5.82 Å². The first-order chi connectivity index (χ1) is 14.5. The van der Waals surface area contributed by atoms with Crippen molar-refractivity contribution in [3.05, 3.63) is 62.6 Å². The van der Waals surface area contributed by atoms with E-state index in [0.29, 0.717) is 38.4 Å². The van der Waals surface area contributed by atoms with Crippen LogP contribution in [0.2, 0.25) is 0 Å². The van der Waals surface area contributed by atoms with Crippen LogP contribution in [0.25, 0.3) is 21.9 Å². The predicted octanol–water partition coefficient (Wildman–Crippen LogP) is 2.22. The fraction of sp³-hybridized carbons (Fsp3) is 0.150. The predicted molar refractivity (Wildman–Crippen MR) is 110 cm³/mol. The van der Waals surface area contributed by atoms with E-state index in [0.717, 1.165) is 0 Å². The van der Waals surface area contributed by atoms with Crippen LogP contribution in [0.15, 0.2) is 45.0 Å². The Morgan fingerprint density at radius 1 is 0.967 bits per heavy atom. The zero-order valence-corrected chi connectivity index (χ0v) is 16.3. The Hall–Kier alpha value is -4.08. The summed E-state index contributed by atoms with van der Waals surface area (Å²) in [6, 6.07) is 7.23. The highest BCUT2D eigenvalue weighted by Crippen LogP contribution is 2.37. The maximum absolute atomic E-state index is 13.6. The number of aromatic nitrogens is 3. The van der Waals surface area contributed by atoms with Gasteiger partial charge in [-0.05, 0) is 30.3 Å². The van der Waals surface area contributed by atoms with Gasteiger partial charge < -0.3 is 24.2 Å². The fourth-order valence-corrected chi connectivity index (χ4v) is 3.22. The first-order valence-electron chi connectivity index (χ1n) is 8.77. The molecule has 2 N–H and O–H groups in total. The minimum Gasteiger partial charge on any atom is -0.493 e. The van der Waals surface area contributed by atoms with Crippen molar-refractivity contribution in [3.63, 3.8) is 0 Å². The van der Waals surface area contributed by atoms with E-state index in [-0.39, 0.29) is 11.0 Å². The van der Waals surface area contributed by atoms with Crippen molar-refractivity contribution in [2.24, 2.45) is 5.10 Å². The van der Waals surface area contributed by atoms with Crippen LogP contribution in [-0.2, 0) is 0 Å². The second-order valence-electron chi connectivity index (χ2n) is 6.32. The summed E-state index contributed by atoms with van der Waals surface area (Å²) in [6.07, 6.45) is 1.31. The largest absolute Gasteiger partial charge is 0.493 e. The number of H-pyrrole nitrogens is 2. The van der Waals surface area contributed by atoms with Gasteiger partial charge in [-0.2, -0.15) is 5.10 Å². The van der Waals surface area contributed by atoms with Crippen molar-refractivity contribution in [2.45, 2.75) is 0 Å². The lowest BCUT2D eigenvalue weighted by molar-refractivity contribution is 0.324. The van der Waals surface area contributed by atoms with E-state index in [4.69, 9.17) is 14.2 Å². The molecule has 4 aromatic rings. The molecule has 9 nitrogen and oxygen atoms in total. The SMILES string of the molecule is COc1cc(/C=N\n2c(=O)[nH]c3c([nH]c4ccc(F)cc43)c2=O)cc(OC)c1OC. The number of nitrogens with zero attached hydrogens (tertiary/aromatic N) is 2. The lowest BCUT2D eigenvalue weighted by Gasteiger charge is -2.12. The van der Waals surface area contributed by atoms with Crippen molar-refractivity contribution >= 4 is 28.2 Å². The zero-order chi connectivity index (χ0) is 21.4. The molecular weight excluding hydrogens is 395 g/mol. The molecule has 10 heteroatoms. The van der Waals surface area contributed by atoms with E-state index in [9.17, 15) is 14.0 Å². The molecular formula is C20H17FN4O5. The van der Waals surface area contributed by atoms with E-state index in [1.54, 1.807) is 12.1 Å². The standard InChI is InChI=1S/C20H17FN4O5/c1-28-14-6-10(7-15(29-2)18(14)30-3)9-22-25-19(26)17-16(24-20(25)27)12-8-11(21)4-5-13(12)23-17/h4-9,23H,1-3H3,(H,24,27)/b22-9-. The first-order valence-corrected chi connectivity index (χ1v) is 8.77. The molecule has 30 heavy (non-hydrogen) atoms. The smallest absolute Gasteiger partial charge is 0.350 e. The van der Waals surface area contributed by atoms with Gasteiger partial charge in [0.05, 0.1) is 33.1 Å². The number of ether oxygens (including phenoxy) is 3. The van der Waals surface area contributed by atoms with Gasteiger partial charge in [-0.15, -0.1) is 4.68 Å². The van der Waals surface area contributed by atoms with Gasteiger partial charge in [0.1, 0.15) is 11.3 Å². The van der Waals surface area contributed by atoms with E-state index in [1.165, 1.54) is 45.7 Å². The number of aromatic amines is 2. The maximum atomic E-state index is 13.6. The number of hydrogen-bond donors (Lipinski definition) is 2. The van der Waals surface area contributed by atoms with Crippen molar-refractivity contribution in [2.75, 3.05) is 21.3 Å². The van der Waals surface area contributed by atoms with Gasteiger partial charge in [0.25, 0.3) is 0 Å². The maximum Gasteiger partial charge on any atom is 0.350 e. The lowest BCUT2D eigenvalue weighted by atomic mass is 10.2. The van der Waals surface area contributed by atoms with Crippen LogP contribution in [0.1, 0.15) is 5.56 Å². The molecule has 0 spiro atoms. The van der Waals surface area contributed by atoms with Gasteiger partial charge in [-0.3, -0.25) is 4.79 Å². The van der Waals surface area contributed by atoms with Crippen molar-refractivity contribution in [1.29, 1.82) is 0 Å². The minimum absolute atomic E-state index is 0.109. The summed E-state index contributed by atoms with van der Waals surface area (Å²) in [5.41, 5.74) is -0.0773. The third-order valence-corrected chi connectivity index (χ3v) is 4.60. The summed E-state index contributed by atoms with van der Waals surface area (Å²) in [6.45, 7) is 0. The number of benzene rings is 2. The molecule has 0 radical (unpaired) electrons. The summed E-state index contributed by atoms with van der Waals surface area (Å²) in [5.74, 6) is 0.716. The van der Waals surface area contributed by atoms with Crippen molar-refractivity contribution in [1.82, 2.24) is 14.6 Å². The third-order valence-electron chi connectivity index (χ3n) is 4.60. The number of rotatable bonds is 5. The Balaban J connectivity index is 1.85. The van der Waals surface area contributed by atoms with E-state index < -0.39 is 17.1 Å². The van der Waals surface area contributed by atoms with Gasteiger partial charge in [0.2, 0.25) is 5.75 Å². The van der Waals surface area contributed by atoms with E-state index in [1.807, 2.05) is 0 Å². The molecule has 0 aliphatic rings. The second-order valence-corrected chi connectivity index (χ2v) is 6.32. The number of hydrogen-bond acceptors (Lipinski definition) is 6. The average Bonchev–Trinajstić information content (AvgIpc) is 3.10. The van der Waals surface area contributed by atoms with Gasteiger partial charge in [-0.25, -0.2) is 9.18 Å². The number of nitrogens with one attached hydrogen (secondary N) is 2. The zero-order valence-electron chi connectivity index (χ0n) is 16.3. The molecule has 0 atom stereocenters. The average molecular weight is 412 g/mol. The van der Waals surface area contributed by atoms with Crippen LogP contribution in [0.4, 0.5) is 4.39 Å². The number of fused-ring (bicyclic) bond motifs is 3. The van der Waals surface area contributed by atoms with Crippen molar-refractivity contribution in [3.8, 4) is 17.2 Å². The summed E-state index contributed by atoms with van der Waals surface area (Å²) >= 11 is 0. The molecule has 0 fully saturated rings. The van der Waals surface area contributed by atoms with Crippen LogP contribution in [0.3, 0.4) is 0 Å². The molecule has 0 saturated heterocycles. The highest BCUT2D eigenvalue weighted by Gasteiger charge is 2.14. The third kappa shape index (κ3) is 3.08. The van der Waals surface area contributed by atoms with Crippen LogP contribution >= 0.6 is 0 Å². The van der Waals surface area contributed by atoms with Crippen LogP contribution in [0.5, 0.6) is 17.2 Å². The lowest BCUT2D eigenvalue weighted by Crippen LogP contribution is -2.32. The molecule has 154 valence electrons. The monoisotopic (exact) mass is 412 g/mol. The highest BCUT2D eigenvalue weighted by atomic mass is 19.1. The van der Waals surface area contributed by atoms with Crippen LogP contribution < -0.4 is 25.5 Å². The van der Waals surface area contributed by atoms with Gasteiger partial charge in [-0.1, -0.05) is 0 Å². The van der Waals surface area contributed by atoms with Crippen molar-refractivity contribution < 1.29 is 18.6 Å². The Bertz CT molecular complexity index is 1390. The molecule has 0 bridgehead atoms. The topological polar surface area (TPSA) is 111 Å². The van der Waals surface area contributed by atoms with E-state index in [2.05, 4.69) is 15.1 Å². The highest BCUT2D eigenvalue weighted by molar-refractivity contribution is 6.04. The normalized spacial score (nSPS) is 11.5. The minimum atomic E-state index is -0.763. The first kappa shape index (κ1) is 19.2.